The predicted octanol–water partition coefficient (Wildman–Crippen LogP) is 2.02. The Morgan fingerprint density at radius 3 is 2.49 bits per heavy atom. The molecule has 45 heavy (non-hydrogen) atoms. The Labute approximate surface area is 260 Å². The molecule has 1 aromatic carbocycles. The van der Waals surface area contributed by atoms with Gasteiger partial charge >= 0.3 is 23.9 Å². The monoisotopic (exact) mass is 630 g/mol. The van der Waals surface area contributed by atoms with E-state index < -0.39 is 73.3 Å². The molecule has 1 aromatic heterocycles. The number of pyridine rings is 1. The van der Waals surface area contributed by atoms with Gasteiger partial charge in [-0.15, -0.1) is 0 Å². The fraction of sp³-hybridized carbons (Fsp3) is 0.484. The van der Waals surface area contributed by atoms with E-state index >= 15 is 0 Å². The van der Waals surface area contributed by atoms with Crippen molar-refractivity contribution in [3.05, 3.63) is 53.9 Å². The van der Waals surface area contributed by atoms with E-state index in [1.54, 1.807) is 32.9 Å². The van der Waals surface area contributed by atoms with Crippen LogP contribution >= 0.6 is 0 Å². The Kier molecular flexibility index (Phi) is 13.1. The van der Waals surface area contributed by atoms with Crippen molar-refractivity contribution < 1.29 is 57.1 Å². The molecule has 1 N–H and O–H groups in total. The van der Waals surface area contributed by atoms with Gasteiger partial charge in [0.15, 0.2) is 29.3 Å². The molecule has 1 fully saturated rings. The molecule has 14 heteroatoms. The lowest BCUT2D eigenvalue weighted by molar-refractivity contribution is -0.176. The molecule has 244 valence electrons. The van der Waals surface area contributed by atoms with E-state index in [2.05, 4.69) is 10.3 Å². The Bertz CT molecular complexity index is 1330. The third-order valence-corrected chi connectivity index (χ3v) is 6.62. The highest BCUT2D eigenvalue weighted by molar-refractivity contribution is 5.98. The quantitative estimate of drug-likeness (QED) is 0.194. The van der Waals surface area contributed by atoms with Gasteiger partial charge in [-0.05, 0) is 25.8 Å². The smallest absolute Gasteiger partial charge is 0.334 e. The first-order chi connectivity index (χ1) is 21.5. The minimum Gasteiger partial charge on any atom is -0.493 e. The summed E-state index contributed by atoms with van der Waals surface area (Å²) in [7, 11) is 1.33. The number of carbonyl (C=O) groups is 5. The van der Waals surface area contributed by atoms with Gasteiger partial charge in [-0.2, -0.15) is 0 Å². The molecule has 2 aromatic rings. The highest BCUT2D eigenvalue weighted by atomic mass is 16.7. The lowest BCUT2D eigenvalue weighted by Crippen LogP contribution is -2.47. The number of carbonyl (C=O) groups excluding carboxylic acids is 5. The number of ether oxygens (including phenoxy) is 7. The maximum Gasteiger partial charge on any atom is 0.334 e. The summed E-state index contributed by atoms with van der Waals surface area (Å²) < 4.78 is 37.5. The van der Waals surface area contributed by atoms with Crippen LogP contribution in [0.1, 0.15) is 43.7 Å². The zero-order valence-electron chi connectivity index (χ0n) is 25.8. The maximum absolute atomic E-state index is 13.4. The standard InChI is InChI=1S/C31H38N2O12/c1-6-40-16-24(34)42-17-43-27-23(39-5)12-13-32-25(27)28(35)33-22-15-41-30(37)21(14-20-10-8-7-9-11-20)26(19(4)44-31(22)38)45-29(36)18(2)3/h7-13,18-19,21-22,26H,6,14-17H2,1-5H3,(H,33,35). The number of esters is 4. The molecule has 1 aliphatic heterocycles. The highest BCUT2D eigenvalue weighted by Gasteiger charge is 2.42. The molecule has 0 saturated carbocycles. The third-order valence-electron chi connectivity index (χ3n) is 6.62. The van der Waals surface area contributed by atoms with Gasteiger partial charge < -0.3 is 38.5 Å². The first kappa shape index (κ1) is 34.8. The molecule has 0 spiro atoms. The maximum atomic E-state index is 13.4. The number of amides is 1. The van der Waals surface area contributed by atoms with Gasteiger partial charge in [-0.1, -0.05) is 44.2 Å². The van der Waals surface area contributed by atoms with E-state index in [9.17, 15) is 24.0 Å². The first-order valence-electron chi connectivity index (χ1n) is 14.4. The molecule has 2 heterocycles. The predicted molar refractivity (Wildman–Crippen MR) is 155 cm³/mol. The van der Waals surface area contributed by atoms with Crippen molar-refractivity contribution >= 4 is 29.8 Å². The van der Waals surface area contributed by atoms with E-state index in [1.807, 2.05) is 18.2 Å². The highest BCUT2D eigenvalue weighted by Crippen LogP contribution is 2.30. The molecule has 14 nitrogen and oxygen atoms in total. The number of rotatable bonds is 13. The van der Waals surface area contributed by atoms with E-state index in [0.29, 0.717) is 6.61 Å². The van der Waals surface area contributed by atoms with Crippen LogP contribution in [-0.4, -0.2) is 86.7 Å². The molecular formula is C31H38N2O12. The molecule has 1 saturated heterocycles. The van der Waals surface area contributed by atoms with E-state index in [4.69, 9.17) is 33.2 Å². The molecule has 1 amide bonds. The summed E-state index contributed by atoms with van der Waals surface area (Å²) in [5.41, 5.74) is 0.459. The summed E-state index contributed by atoms with van der Waals surface area (Å²) >= 11 is 0. The average molecular weight is 631 g/mol. The van der Waals surface area contributed by atoms with Crippen molar-refractivity contribution in [3.63, 3.8) is 0 Å². The number of hydrogen-bond acceptors (Lipinski definition) is 13. The fourth-order valence-corrected chi connectivity index (χ4v) is 4.25. The minimum atomic E-state index is -1.47. The van der Waals surface area contributed by atoms with Crippen molar-refractivity contribution in [2.75, 3.05) is 33.7 Å². The van der Waals surface area contributed by atoms with Crippen LogP contribution in [0.5, 0.6) is 11.5 Å². The van der Waals surface area contributed by atoms with Gasteiger partial charge in [0.05, 0.1) is 13.0 Å². The number of cyclic esters (lactones) is 2. The second-order valence-corrected chi connectivity index (χ2v) is 10.3. The third kappa shape index (κ3) is 9.89. The van der Waals surface area contributed by atoms with Gasteiger partial charge in [0.2, 0.25) is 6.79 Å². The molecule has 3 rings (SSSR count). The Hall–Kier alpha value is -4.72. The van der Waals surface area contributed by atoms with E-state index in [0.717, 1.165) is 5.56 Å². The van der Waals surface area contributed by atoms with Crippen LogP contribution in [0.15, 0.2) is 42.6 Å². The Morgan fingerprint density at radius 2 is 1.82 bits per heavy atom. The van der Waals surface area contributed by atoms with Gasteiger partial charge in [0.25, 0.3) is 5.91 Å². The normalized spacial score (nSPS) is 20.0. The summed E-state index contributed by atoms with van der Waals surface area (Å²) in [6.07, 6.45) is -0.846. The largest absolute Gasteiger partial charge is 0.493 e. The summed E-state index contributed by atoms with van der Waals surface area (Å²) in [5, 5.41) is 2.45. The van der Waals surface area contributed by atoms with Crippen LogP contribution in [0.3, 0.4) is 0 Å². The second-order valence-electron chi connectivity index (χ2n) is 10.3. The molecule has 4 unspecified atom stereocenters. The molecular weight excluding hydrogens is 592 g/mol. The number of nitrogens with zero attached hydrogens (tertiary/aromatic N) is 1. The van der Waals surface area contributed by atoms with Gasteiger partial charge in [0, 0.05) is 18.9 Å². The van der Waals surface area contributed by atoms with E-state index in [1.165, 1.54) is 26.3 Å². The number of aromatic nitrogens is 1. The zero-order chi connectivity index (χ0) is 32.9. The van der Waals surface area contributed by atoms with Crippen molar-refractivity contribution in [1.29, 1.82) is 0 Å². The molecule has 0 radical (unpaired) electrons. The number of methoxy groups -OCH3 is 1. The Balaban J connectivity index is 1.82. The number of nitrogens with one attached hydrogen (secondary N) is 1. The van der Waals surface area contributed by atoms with Gasteiger partial charge in [0.1, 0.15) is 25.2 Å². The van der Waals surface area contributed by atoms with E-state index in [-0.39, 0.29) is 30.2 Å². The van der Waals surface area contributed by atoms with Crippen molar-refractivity contribution in [1.82, 2.24) is 10.3 Å². The molecule has 0 aliphatic carbocycles. The van der Waals surface area contributed by atoms with Crippen LogP contribution in [0.4, 0.5) is 0 Å². The lowest BCUT2D eigenvalue weighted by Gasteiger charge is -2.29. The van der Waals surface area contributed by atoms with Gasteiger partial charge in [-0.25, -0.2) is 14.6 Å². The summed E-state index contributed by atoms with van der Waals surface area (Å²) in [5.74, 6) is -5.49. The van der Waals surface area contributed by atoms with Crippen LogP contribution in [0, 0.1) is 11.8 Å². The average Bonchev–Trinajstić information content (AvgIpc) is 3.06. The van der Waals surface area contributed by atoms with Crippen LogP contribution < -0.4 is 14.8 Å². The lowest BCUT2D eigenvalue weighted by atomic mass is 9.91. The van der Waals surface area contributed by atoms with Crippen molar-refractivity contribution in [2.45, 2.75) is 52.4 Å². The van der Waals surface area contributed by atoms with Crippen LogP contribution in [-0.2, 0) is 49.3 Å². The zero-order valence-corrected chi connectivity index (χ0v) is 25.8. The minimum absolute atomic E-state index is 0.0895. The first-order valence-corrected chi connectivity index (χ1v) is 14.4. The Morgan fingerprint density at radius 1 is 1.09 bits per heavy atom. The van der Waals surface area contributed by atoms with Crippen molar-refractivity contribution in [3.8, 4) is 11.5 Å². The van der Waals surface area contributed by atoms with Crippen LogP contribution in [0.2, 0.25) is 0 Å². The summed E-state index contributed by atoms with van der Waals surface area (Å²) in [6, 6.07) is 8.98. The fourth-order valence-electron chi connectivity index (χ4n) is 4.25. The topological polar surface area (TPSA) is 175 Å². The number of hydrogen-bond donors (Lipinski definition) is 1. The molecule has 1 aliphatic rings. The summed E-state index contributed by atoms with van der Waals surface area (Å²) in [4.78, 5) is 68.5. The molecule has 4 atom stereocenters. The van der Waals surface area contributed by atoms with Gasteiger partial charge in [-0.3, -0.25) is 14.4 Å². The molecule has 0 bridgehead atoms. The second kappa shape index (κ2) is 16.9. The van der Waals surface area contributed by atoms with Crippen LogP contribution in [0.25, 0.3) is 0 Å². The summed E-state index contributed by atoms with van der Waals surface area (Å²) in [6.45, 7) is 5.34. The number of benzene rings is 1. The van der Waals surface area contributed by atoms with Crippen molar-refractivity contribution in [2.24, 2.45) is 11.8 Å². The SMILES string of the molecule is CCOCC(=O)OCOc1c(OC)ccnc1C(=O)NC1COC(=O)C(Cc2ccccc2)C(OC(=O)C(C)C)C(C)OC1=O.